The molecule has 6 heteroatoms. The molecule has 1 N–H and O–H groups in total. The zero-order valence-electron chi connectivity index (χ0n) is 14.0. The Morgan fingerprint density at radius 3 is 2.65 bits per heavy atom. The van der Waals surface area contributed by atoms with Gasteiger partial charge in [-0.1, -0.05) is 12.1 Å². The molecule has 1 aliphatic rings. The Hall–Kier alpha value is -1.66. The molecule has 128 valence electrons. The van der Waals surface area contributed by atoms with Crippen molar-refractivity contribution < 1.29 is 18.7 Å². The van der Waals surface area contributed by atoms with E-state index in [2.05, 4.69) is 10.2 Å². The van der Waals surface area contributed by atoms with Gasteiger partial charge >= 0.3 is 5.97 Å². The lowest BCUT2D eigenvalue weighted by Gasteiger charge is -2.28. The van der Waals surface area contributed by atoms with E-state index in [1.165, 1.54) is 6.07 Å². The molecule has 0 atom stereocenters. The molecule has 1 saturated heterocycles. The number of esters is 1. The van der Waals surface area contributed by atoms with Crippen molar-refractivity contribution in [1.82, 2.24) is 10.2 Å². The summed E-state index contributed by atoms with van der Waals surface area (Å²) in [4.78, 5) is 14.0. The van der Waals surface area contributed by atoms with Crippen molar-refractivity contribution >= 4 is 5.97 Å². The highest BCUT2D eigenvalue weighted by Crippen LogP contribution is 2.24. The van der Waals surface area contributed by atoms with Crippen molar-refractivity contribution in [2.75, 3.05) is 32.8 Å². The number of para-hydroxylation sites is 1. The highest BCUT2D eigenvalue weighted by Gasteiger charge is 2.19. The molecule has 0 bridgehead atoms. The highest BCUT2D eigenvalue weighted by molar-refractivity contribution is 5.71. The number of nitrogens with zero attached hydrogens (tertiary/aromatic N) is 1. The first kappa shape index (κ1) is 17.7. The summed E-state index contributed by atoms with van der Waals surface area (Å²) in [7, 11) is 0. The molecule has 0 radical (unpaired) electrons. The Morgan fingerprint density at radius 1 is 1.30 bits per heavy atom. The minimum atomic E-state index is -0.584. The third-order valence-corrected chi connectivity index (χ3v) is 3.41. The third kappa shape index (κ3) is 5.80. The second-order valence-corrected chi connectivity index (χ2v) is 6.63. The number of carbonyl (C=O) groups excluding carboxylic acids is 1. The number of piperazine rings is 1. The molecule has 0 unspecified atom stereocenters. The van der Waals surface area contributed by atoms with Crippen LogP contribution in [0.1, 0.15) is 26.3 Å². The maximum absolute atomic E-state index is 14.1. The van der Waals surface area contributed by atoms with E-state index in [1.54, 1.807) is 26.8 Å². The third-order valence-electron chi connectivity index (χ3n) is 3.41. The summed E-state index contributed by atoms with van der Waals surface area (Å²) in [5.41, 5.74) is 0.162. The molecule has 1 fully saturated rings. The molecule has 0 saturated carbocycles. The van der Waals surface area contributed by atoms with E-state index in [9.17, 15) is 9.18 Å². The van der Waals surface area contributed by atoms with Gasteiger partial charge < -0.3 is 14.8 Å². The van der Waals surface area contributed by atoms with Gasteiger partial charge in [-0.05, 0) is 26.8 Å². The molecule has 5 nitrogen and oxygen atoms in total. The quantitative estimate of drug-likeness (QED) is 0.839. The van der Waals surface area contributed by atoms with E-state index in [0.29, 0.717) is 6.54 Å². The van der Waals surface area contributed by atoms with Gasteiger partial charge in [0.2, 0.25) is 0 Å². The number of halogens is 1. The van der Waals surface area contributed by atoms with Crippen molar-refractivity contribution in [2.24, 2.45) is 0 Å². The largest absolute Gasteiger partial charge is 0.478 e. The second kappa shape index (κ2) is 7.75. The number of nitrogens with one attached hydrogen (secondary N) is 1. The molecule has 0 aliphatic carbocycles. The van der Waals surface area contributed by atoms with E-state index < -0.39 is 17.4 Å². The Bertz CT molecular complexity index is 537. The molecular weight excluding hydrogens is 299 g/mol. The van der Waals surface area contributed by atoms with Crippen molar-refractivity contribution in [3.05, 3.63) is 29.6 Å². The predicted molar refractivity (Wildman–Crippen MR) is 85.9 cm³/mol. The van der Waals surface area contributed by atoms with Crippen molar-refractivity contribution in [3.63, 3.8) is 0 Å². The van der Waals surface area contributed by atoms with Crippen LogP contribution in [0, 0.1) is 5.82 Å². The molecule has 23 heavy (non-hydrogen) atoms. The van der Waals surface area contributed by atoms with Gasteiger partial charge in [-0.3, -0.25) is 4.90 Å². The SMILES string of the molecule is CC(C)(C)OC(=O)COc1c(F)cccc1CN1CCNCC1. The van der Waals surface area contributed by atoms with Gasteiger partial charge in [0.05, 0.1) is 0 Å². The standard InChI is InChI=1S/C17H25FN2O3/c1-17(2,3)23-15(21)12-22-16-13(5-4-6-14(16)18)11-20-9-7-19-8-10-20/h4-6,19H,7-12H2,1-3H3. The minimum Gasteiger partial charge on any atom is -0.478 e. The Kier molecular flexibility index (Phi) is 5.96. The summed E-state index contributed by atoms with van der Waals surface area (Å²) in [5.74, 6) is -0.827. The van der Waals surface area contributed by atoms with E-state index in [0.717, 1.165) is 31.7 Å². The van der Waals surface area contributed by atoms with Gasteiger partial charge in [0, 0.05) is 38.3 Å². The van der Waals surface area contributed by atoms with E-state index in [-0.39, 0.29) is 12.4 Å². The van der Waals surface area contributed by atoms with Gasteiger partial charge in [0.25, 0.3) is 0 Å². The Balaban J connectivity index is 2.01. The molecule has 1 aliphatic heterocycles. The summed E-state index contributed by atoms with van der Waals surface area (Å²) >= 11 is 0. The summed E-state index contributed by atoms with van der Waals surface area (Å²) < 4.78 is 24.7. The van der Waals surface area contributed by atoms with E-state index >= 15 is 0 Å². The van der Waals surface area contributed by atoms with E-state index in [1.807, 2.05) is 6.07 Å². The lowest BCUT2D eigenvalue weighted by Crippen LogP contribution is -2.43. The average molecular weight is 324 g/mol. The van der Waals surface area contributed by atoms with Crippen LogP contribution >= 0.6 is 0 Å². The van der Waals surface area contributed by atoms with Crippen LogP contribution in [0.15, 0.2) is 18.2 Å². The van der Waals surface area contributed by atoms with E-state index in [4.69, 9.17) is 9.47 Å². The monoisotopic (exact) mass is 324 g/mol. The smallest absolute Gasteiger partial charge is 0.344 e. The number of carbonyl (C=O) groups is 1. The molecule has 1 aromatic rings. The van der Waals surface area contributed by atoms with Crippen LogP contribution in [-0.4, -0.2) is 49.3 Å². The zero-order chi connectivity index (χ0) is 16.9. The fourth-order valence-corrected chi connectivity index (χ4v) is 2.45. The normalized spacial score (nSPS) is 16.2. The molecule has 0 aromatic heterocycles. The number of ether oxygens (including phenoxy) is 2. The van der Waals surface area contributed by atoms with Crippen LogP contribution in [-0.2, 0) is 16.1 Å². The molecule has 1 heterocycles. The summed E-state index contributed by atoms with van der Waals surface area (Å²) in [6.45, 7) is 9.30. The van der Waals surface area contributed by atoms with Crippen molar-refractivity contribution in [1.29, 1.82) is 0 Å². The summed E-state index contributed by atoms with van der Waals surface area (Å²) in [6, 6.07) is 4.83. The molecule has 0 spiro atoms. The number of hydrogen-bond donors (Lipinski definition) is 1. The van der Waals surface area contributed by atoms with Gasteiger partial charge in [-0.2, -0.15) is 0 Å². The highest BCUT2D eigenvalue weighted by atomic mass is 19.1. The first-order chi connectivity index (χ1) is 10.8. The first-order valence-corrected chi connectivity index (χ1v) is 7.90. The predicted octanol–water partition coefficient (Wildman–Crippen LogP) is 1.95. The minimum absolute atomic E-state index is 0.136. The fraction of sp³-hybridized carbons (Fsp3) is 0.588. The van der Waals surface area contributed by atoms with Crippen molar-refractivity contribution in [3.8, 4) is 5.75 Å². The maximum Gasteiger partial charge on any atom is 0.344 e. The lowest BCUT2D eigenvalue weighted by molar-refractivity contribution is -0.157. The van der Waals surface area contributed by atoms with Crippen molar-refractivity contribution in [2.45, 2.75) is 32.9 Å². The Morgan fingerprint density at radius 2 is 2.00 bits per heavy atom. The van der Waals surface area contributed by atoms with Crippen LogP contribution in [0.2, 0.25) is 0 Å². The fourth-order valence-electron chi connectivity index (χ4n) is 2.45. The van der Waals surface area contributed by atoms with Gasteiger partial charge in [-0.25, -0.2) is 9.18 Å². The van der Waals surface area contributed by atoms with Gasteiger partial charge in [0.1, 0.15) is 5.60 Å². The topological polar surface area (TPSA) is 50.8 Å². The Labute approximate surface area is 136 Å². The van der Waals surface area contributed by atoms with Crippen LogP contribution in [0.5, 0.6) is 5.75 Å². The van der Waals surface area contributed by atoms with Crippen LogP contribution in [0.4, 0.5) is 4.39 Å². The first-order valence-electron chi connectivity index (χ1n) is 7.90. The lowest BCUT2D eigenvalue weighted by atomic mass is 10.1. The zero-order valence-corrected chi connectivity index (χ0v) is 14.0. The molecule has 2 rings (SSSR count). The number of rotatable bonds is 5. The maximum atomic E-state index is 14.1. The van der Waals surface area contributed by atoms with Crippen LogP contribution < -0.4 is 10.1 Å². The number of benzene rings is 1. The molecule has 1 aromatic carbocycles. The van der Waals surface area contributed by atoms with Crippen LogP contribution in [0.25, 0.3) is 0 Å². The molecule has 0 amide bonds. The van der Waals surface area contributed by atoms with Gasteiger partial charge in [0.15, 0.2) is 18.2 Å². The number of hydrogen-bond acceptors (Lipinski definition) is 5. The van der Waals surface area contributed by atoms with Crippen LogP contribution in [0.3, 0.4) is 0 Å². The summed E-state index contributed by atoms with van der Waals surface area (Å²) in [5, 5.41) is 3.28. The van der Waals surface area contributed by atoms with Gasteiger partial charge in [-0.15, -0.1) is 0 Å². The summed E-state index contributed by atoms with van der Waals surface area (Å²) in [6.07, 6.45) is 0. The average Bonchev–Trinajstić information content (AvgIpc) is 2.46. The second-order valence-electron chi connectivity index (χ2n) is 6.63. The molecular formula is C17H25FN2O3.